The standard InChI is InChI=1S/C22H40O3/c1-3-4-5-6-7-10-13-19-18-16-21(25-17-18)20(19)14-11-8-9-12-15-22(23)24-2/h18-21H,3-17H2,1-2H3/t18-,19+,20-,21-/m1/s1. The van der Waals surface area contributed by atoms with Gasteiger partial charge in [-0.3, -0.25) is 4.79 Å². The topological polar surface area (TPSA) is 35.5 Å². The van der Waals surface area contributed by atoms with Crippen molar-refractivity contribution in [2.24, 2.45) is 17.8 Å². The molecule has 1 aliphatic heterocycles. The number of unbranched alkanes of at least 4 members (excludes halogenated alkanes) is 8. The Balaban J connectivity index is 1.58. The fraction of sp³-hybridized carbons (Fsp3) is 0.955. The van der Waals surface area contributed by atoms with Crippen LogP contribution in [0.5, 0.6) is 0 Å². The minimum atomic E-state index is -0.0690. The van der Waals surface area contributed by atoms with Crippen molar-refractivity contribution in [1.82, 2.24) is 0 Å². The minimum absolute atomic E-state index is 0.0690. The predicted molar refractivity (Wildman–Crippen MR) is 103 cm³/mol. The van der Waals surface area contributed by atoms with Gasteiger partial charge in [0.2, 0.25) is 0 Å². The lowest BCUT2D eigenvalue weighted by molar-refractivity contribution is -0.140. The monoisotopic (exact) mass is 352 g/mol. The van der Waals surface area contributed by atoms with Gasteiger partial charge in [-0.25, -0.2) is 0 Å². The third-order valence-corrected chi connectivity index (χ3v) is 6.48. The van der Waals surface area contributed by atoms with E-state index in [0.717, 1.165) is 37.2 Å². The van der Waals surface area contributed by atoms with Crippen LogP contribution in [0.3, 0.4) is 0 Å². The van der Waals surface area contributed by atoms with Gasteiger partial charge in [0, 0.05) is 6.42 Å². The fourth-order valence-corrected chi connectivity index (χ4v) is 5.02. The molecule has 0 spiro atoms. The van der Waals surface area contributed by atoms with E-state index in [1.54, 1.807) is 0 Å². The van der Waals surface area contributed by atoms with Gasteiger partial charge in [0.1, 0.15) is 0 Å². The maximum absolute atomic E-state index is 11.1. The first kappa shape index (κ1) is 20.7. The van der Waals surface area contributed by atoms with Crippen molar-refractivity contribution in [1.29, 1.82) is 0 Å². The first-order chi connectivity index (χ1) is 12.3. The first-order valence-electron chi connectivity index (χ1n) is 10.9. The summed E-state index contributed by atoms with van der Waals surface area (Å²) in [5.74, 6) is 2.53. The second-order valence-electron chi connectivity index (χ2n) is 8.28. The summed E-state index contributed by atoms with van der Waals surface area (Å²) in [5.41, 5.74) is 0. The molecule has 3 nitrogen and oxygen atoms in total. The summed E-state index contributed by atoms with van der Waals surface area (Å²) < 4.78 is 10.7. The molecule has 1 aliphatic carbocycles. The van der Waals surface area contributed by atoms with Gasteiger partial charge in [0.05, 0.1) is 19.8 Å². The number of carbonyl (C=O) groups excluding carboxylic acids is 1. The fourth-order valence-electron chi connectivity index (χ4n) is 5.02. The lowest BCUT2D eigenvalue weighted by atomic mass is 9.81. The smallest absolute Gasteiger partial charge is 0.305 e. The highest BCUT2D eigenvalue weighted by Crippen LogP contribution is 2.49. The van der Waals surface area contributed by atoms with Crippen LogP contribution in [0, 0.1) is 17.8 Å². The van der Waals surface area contributed by atoms with Crippen LogP contribution in [0.1, 0.15) is 96.8 Å². The van der Waals surface area contributed by atoms with Crippen molar-refractivity contribution in [2.75, 3.05) is 13.7 Å². The maximum Gasteiger partial charge on any atom is 0.305 e. The summed E-state index contributed by atoms with van der Waals surface area (Å²) >= 11 is 0. The second-order valence-corrected chi connectivity index (χ2v) is 8.28. The number of carbonyl (C=O) groups is 1. The van der Waals surface area contributed by atoms with Gasteiger partial charge in [0.25, 0.3) is 0 Å². The molecule has 0 aromatic rings. The third kappa shape index (κ3) is 6.92. The number of rotatable bonds is 14. The molecule has 0 unspecified atom stereocenters. The predicted octanol–water partition coefficient (Wildman–Crippen LogP) is 5.90. The Kier molecular flexibility index (Phi) is 9.90. The van der Waals surface area contributed by atoms with Crippen LogP contribution in [0.4, 0.5) is 0 Å². The molecule has 0 aromatic carbocycles. The Hall–Kier alpha value is -0.570. The quantitative estimate of drug-likeness (QED) is 0.288. The number of ether oxygens (including phenoxy) is 2. The lowest BCUT2D eigenvalue weighted by Gasteiger charge is -2.31. The molecule has 2 rings (SSSR count). The molecule has 2 aliphatic rings. The van der Waals surface area contributed by atoms with Crippen LogP contribution in [-0.2, 0) is 14.3 Å². The summed E-state index contributed by atoms with van der Waals surface area (Å²) in [6, 6.07) is 0. The molecular formula is C22H40O3. The molecule has 0 amide bonds. The van der Waals surface area contributed by atoms with E-state index in [2.05, 4.69) is 6.92 Å². The zero-order valence-electron chi connectivity index (χ0n) is 16.6. The van der Waals surface area contributed by atoms with E-state index in [1.807, 2.05) is 0 Å². The van der Waals surface area contributed by atoms with E-state index < -0.39 is 0 Å². The Morgan fingerprint density at radius 1 is 0.920 bits per heavy atom. The van der Waals surface area contributed by atoms with Crippen molar-refractivity contribution in [3.63, 3.8) is 0 Å². The molecular weight excluding hydrogens is 312 g/mol. The molecule has 0 N–H and O–H groups in total. The Labute approximate surface area is 155 Å². The van der Waals surface area contributed by atoms with Gasteiger partial charge in [-0.05, 0) is 43.4 Å². The Bertz CT molecular complexity index is 368. The largest absolute Gasteiger partial charge is 0.469 e. The van der Waals surface area contributed by atoms with Crippen molar-refractivity contribution >= 4 is 5.97 Å². The Morgan fingerprint density at radius 3 is 2.28 bits per heavy atom. The number of hydrogen-bond acceptors (Lipinski definition) is 3. The summed E-state index contributed by atoms with van der Waals surface area (Å²) in [6.45, 7) is 3.32. The van der Waals surface area contributed by atoms with E-state index in [0.29, 0.717) is 12.5 Å². The SMILES string of the molecule is CCCCCCCC[C@H]1[C@H]2CO[C@H](C2)[C@@H]1CCCCCCC(=O)OC. The molecule has 2 fully saturated rings. The molecule has 25 heavy (non-hydrogen) atoms. The zero-order valence-corrected chi connectivity index (χ0v) is 16.6. The lowest BCUT2D eigenvalue weighted by Crippen LogP contribution is -2.29. The number of esters is 1. The number of methoxy groups -OCH3 is 1. The van der Waals surface area contributed by atoms with Crippen molar-refractivity contribution in [2.45, 2.75) is 103 Å². The minimum Gasteiger partial charge on any atom is -0.469 e. The average Bonchev–Trinajstić information content (AvgIpc) is 3.22. The number of hydrogen-bond donors (Lipinski definition) is 0. The summed E-state index contributed by atoms with van der Waals surface area (Å²) in [4.78, 5) is 11.1. The summed E-state index contributed by atoms with van der Waals surface area (Å²) in [7, 11) is 1.47. The van der Waals surface area contributed by atoms with Gasteiger partial charge in [0.15, 0.2) is 0 Å². The van der Waals surface area contributed by atoms with Gasteiger partial charge < -0.3 is 9.47 Å². The van der Waals surface area contributed by atoms with Gasteiger partial charge in [-0.15, -0.1) is 0 Å². The summed E-state index contributed by atoms with van der Waals surface area (Å²) in [6.07, 6.45) is 18.3. The maximum atomic E-state index is 11.1. The van der Waals surface area contributed by atoms with E-state index in [4.69, 9.17) is 9.47 Å². The van der Waals surface area contributed by atoms with Crippen molar-refractivity contribution < 1.29 is 14.3 Å². The molecule has 4 atom stereocenters. The van der Waals surface area contributed by atoms with Gasteiger partial charge >= 0.3 is 5.97 Å². The molecule has 146 valence electrons. The summed E-state index contributed by atoms with van der Waals surface area (Å²) in [5, 5.41) is 0. The molecule has 0 aromatic heterocycles. The highest BCUT2D eigenvalue weighted by atomic mass is 16.5. The van der Waals surface area contributed by atoms with Crippen LogP contribution >= 0.6 is 0 Å². The molecule has 1 saturated carbocycles. The van der Waals surface area contributed by atoms with Crippen LogP contribution in [0.25, 0.3) is 0 Å². The van der Waals surface area contributed by atoms with Crippen molar-refractivity contribution in [3.8, 4) is 0 Å². The third-order valence-electron chi connectivity index (χ3n) is 6.48. The van der Waals surface area contributed by atoms with Crippen LogP contribution in [0.2, 0.25) is 0 Å². The van der Waals surface area contributed by atoms with Crippen molar-refractivity contribution in [3.05, 3.63) is 0 Å². The van der Waals surface area contributed by atoms with Crippen LogP contribution < -0.4 is 0 Å². The second kappa shape index (κ2) is 11.9. The first-order valence-corrected chi connectivity index (χ1v) is 10.9. The molecule has 2 bridgehead atoms. The van der Waals surface area contributed by atoms with Gasteiger partial charge in [-0.1, -0.05) is 64.7 Å². The van der Waals surface area contributed by atoms with E-state index in [9.17, 15) is 4.79 Å². The molecule has 1 heterocycles. The molecule has 3 heteroatoms. The molecule has 0 radical (unpaired) electrons. The van der Waals surface area contributed by atoms with E-state index in [-0.39, 0.29) is 5.97 Å². The van der Waals surface area contributed by atoms with E-state index in [1.165, 1.54) is 77.7 Å². The highest BCUT2D eigenvalue weighted by Gasteiger charge is 2.47. The number of fused-ring (bicyclic) bond motifs is 2. The average molecular weight is 353 g/mol. The van der Waals surface area contributed by atoms with Gasteiger partial charge in [-0.2, -0.15) is 0 Å². The Morgan fingerprint density at radius 2 is 1.56 bits per heavy atom. The normalized spacial score (nSPS) is 27.8. The highest BCUT2D eigenvalue weighted by molar-refractivity contribution is 5.68. The molecule has 1 saturated heterocycles. The van der Waals surface area contributed by atoms with Crippen LogP contribution in [-0.4, -0.2) is 25.8 Å². The van der Waals surface area contributed by atoms with Crippen LogP contribution in [0.15, 0.2) is 0 Å². The zero-order chi connectivity index (χ0) is 17.9. The van der Waals surface area contributed by atoms with E-state index >= 15 is 0 Å².